The first-order chi connectivity index (χ1) is 18.0. The van der Waals surface area contributed by atoms with Crippen molar-refractivity contribution in [3.8, 4) is 0 Å². The first kappa shape index (κ1) is 24.4. The maximum absolute atomic E-state index is 14.3. The van der Waals surface area contributed by atoms with E-state index in [2.05, 4.69) is 0 Å². The maximum atomic E-state index is 14.3. The summed E-state index contributed by atoms with van der Waals surface area (Å²) in [6.07, 6.45) is 12.3. The van der Waals surface area contributed by atoms with Crippen LogP contribution in [0.4, 0.5) is 5.69 Å². The molecule has 8 nitrogen and oxygen atoms in total. The molecule has 1 spiro atoms. The first-order valence-electron chi connectivity index (χ1n) is 13.6. The molecule has 1 unspecified atom stereocenters. The summed E-state index contributed by atoms with van der Waals surface area (Å²) in [6, 6.07) is 8.08. The summed E-state index contributed by atoms with van der Waals surface area (Å²) in [5, 5.41) is 10.1. The Kier molecular flexibility index (Phi) is 6.19. The van der Waals surface area contributed by atoms with Gasteiger partial charge in [-0.15, -0.1) is 0 Å². The summed E-state index contributed by atoms with van der Waals surface area (Å²) in [5.41, 5.74) is -0.493. The molecule has 0 radical (unpaired) electrons. The number of likely N-dealkylation sites (tertiary alicyclic amines) is 1. The van der Waals surface area contributed by atoms with Crippen molar-refractivity contribution < 1.29 is 24.2 Å². The third-order valence-corrected chi connectivity index (χ3v) is 8.95. The highest BCUT2D eigenvalue weighted by molar-refractivity contribution is 6.04. The largest absolute Gasteiger partial charge is 0.394 e. The summed E-state index contributed by atoms with van der Waals surface area (Å²) in [6.45, 7) is 2.33. The molecule has 3 fully saturated rings. The Labute approximate surface area is 217 Å². The fourth-order valence-corrected chi connectivity index (χ4v) is 7.22. The number of hydrogen-bond donors (Lipinski definition) is 1. The van der Waals surface area contributed by atoms with Crippen molar-refractivity contribution in [1.82, 2.24) is 9.80 Å². The van der Waals surface area contributed by atoms with E-state index in [-0.39, 0.29) is 30.4 Å². The van der Waals surface area contributed by atoms with Crippen molar-refractivity contribution in [2.75, 3.05) is 24.6 Å². The Morgan fingerprint density at radius 1 is 1.00 bits per heavy atom. The van der Waals surface area contributed by atoms with Crippen LogP contribution in [0.25, 0.3) is 0 Å². The van der Waals surface area contributed by atoms with Crippen LogP contribution >= 0.6 is 0 Å². The number of ether oxygens (including phenoxy) is 1. The number of nitrogens with zero attached hydrogens (tertiary/aromatic N) is 3. The number of rotatable bonds is 4. The molecule has 1 aliphatic carbocycles. The first-order valence-corrected chi connectivity index (χ1v) is 13.6. The summed E-state index contributed by atoms with van der Waals surface area (Å²) < 4.78 is 6.68. The van der Waals surface area contributed by atoms with Gasteiger partial charge in [-0.3, -0.25) is 14.4 Å². The lowest BCUT2D eigenvalue weighted by Gasteiger charge is -2.40. The van der Waals surface area contributed by atoms with E-state index in [1.807, 2.05) is 59.5 Å². The van der Waals surface area contributed by atoms with Gasteiger partial charge < -0.3 is 24.5 Å². The molecule has 2 saturated heterocycles. The average molecular weight is 506 g/mol. The van der Waals surface area contributed by atoms with Gasteiger partial charge in [0.2, 0.25) is 17.7 Å². The van der Waals surface area contributed by atoms with Gasteiger partial charge in [0, 0.05) is 24.8 Å². The lowest BCUT2D eigenvalue weighted by atomic mass is 9.77. The summed E-state index contributed by atoms with van der Waals surface area (Å²) in [4.78, 5) is 47.7. The number of anilines is 1. The predicted octanol–water partition coefficient (Wildman–Crippen LogP) is 2.28. The molecule has 3 amide bonds. The fourth-order valence-electron chi connectivity index (χ4n) is 7.22. The molecule has 1 aromatic carbocycles. The normalized spacial score (nSPS) is 34.8. The van der Waals surface area contributed by atoms with Crippen LogP contribution in [0.1, 0.15) is 39.0 Å². The molecule has 4 aliphatic heterocycles. The second kappa shape index (κ2) is 9.40. The van der Waals surface area contributed by atoms with Gasteiger partial charge in [0.25, 0.3) is 0 Å². The van der Waals surface area contributed by atoms with Crippen molar-refractivity contribution in [2.24, 2.45) is 11.8 Å². The Bertz CT molecular complexity index is 1130. The molecule has 6 atom stereocenters. The van der Waals surface area contributed by atoms with E-state index in [0.29, 0.717) is 13.1 Å². The Morgan fingerprint density at radius 2 is 1.76 bits per heavy atom. The standard InChI is InChI=1S/C29H35N3O5/c1-19(18-33)32-25-28(36)31(21-12-6-3-7-13-21)17-9-15-29(25)24(27(32)35)23-22(37-29)14-8-16-30(26(23)34)20-10-4-2-5-11-20/h2,4-5,8-11,14-15,19,21-25,33H,3,6-7,12-13,16-18H2,1H3/t19-,22-,23+,24+,25?,29+/m1/s1. The molecule has 5 aliphatic rings. The van der Waals surface area contributed by atoms with Gasteiger partial charge in [0.05, 0.1) is 30.6 Å². The third-order valence-electron chi connectivity index (χ3n) is 8.95. The number of para-hydroxylation sites is 1. The zero-order chi connectivity index (χ0) is 25.7. The van der Waals surface area contributed by atoms with Crippen LogP contribution in [0.2, 0.25) is 0 Å². The predicted molar refractivity (Wildman–Crippen MR) is 137 cm³/mol. The monoisotopic (exact) mass is 505 g/mol. The molecule has 196 valence electrons. The van der Waals surface area contributed by atoms with Gasteiger partial charge in [-0.25, -0.2) is 0 Å². The van der Waals surface area contributed by atoms with Crippen LogP contribution in [0, 0.1) is 11.8 Å². The number of carbonyl (C=O) groups excluding carboxylic acids is 3. The Balaban J connectivity index is 1.43. The van der Waals surface area contributed by atoms with E-state index >= 15 is 0 Å². The molecule has 37 heavy (non-hydrogen) atoms. The molecule has 8 heteroatoms. The van der Waals surface area contributed by atoms with Crippen molar-refractivity contribution in [3.63, 3.8) is 0 Å². The molecule has 1 saturated carbocycles. The molecule has 4 heterocycles. The number of amides is 3. The maximum Gasteiger partial charge on any atom is 0.249 e. The minimum absolute atomic E-state index is 0.128. The molecule has 1 N–H and O–H groups in total. The summed E-state index contributed by atoms with van der Waals surface area (Å²) in [5.74, 6) is -2.21. The van der Waals surface area contributed by atoms with Gasteiger partial charge in [-0.05, 0) is 31.9 Å². The highest BCUT2D eigenvalue weighted by atomic mass is 16.5. The van der Waals surface area contributed by atoms with Crippen molar-refractivity contribution >= 4 is 23.4 Å². The van der Waals surface area contributed by atoms with Crippen LogP contribution < -0.4 is 4.90 Å². The summed E-state index contributed by atoms with van der Waals surface area (Å²) >= 11 is 0. The third kappa shape index (κ3) is 3.67. The number of aliphatic hydroxyl groups excluding tert-OH is 1. The second-order valence-electron chi connectivity index (χ2n) is 11.0. The molecular formula is C29H35N3O5. The van der Waals surface area contributed by atoms with Crippen molar-refractivity contribution in [1.29, 1.82) is 0 Å². The van der Waals surface area contributed by atoms with E-state index in [1.54, 1.807) is 11.8 Å². The van der Waals surface area contributed by atoms with Gasteiger partial charge in [-0.1, -0.05) is 61.8 Å². The highest BCUT2D eigenvalue weighted by Gasteiger charge is 2.72. The van der Waals surface area contributed by atoms with E-state index in [9.17, 15) is 19.5 Å². The minimum atomic E-state index is -1.25. The highest BCUT2D eigenvalue weighted by Crippen LogP contribution is 2.54. The molecule has 1 aromatic rings. The number of aliphatic hydroxyl groups is 1. The zero-order valence-corrected chi connectivity index (χ0v) is 21.2. The number of fused-ring (bicyclic) bond motifs is 2. The van der Waals surface area contributed by atoms with Gasteiger partial charge in [-0.2, -0.15) is 0 Å². The number of carbonyl (C=O) groups is 3. The molecule has 6 rings (SSSR count). The van der Waals surface area contributed by atoms with Gasteiger partial charge >= 0.3 is 0 Å². The van der Waals surface area contributed by atoms with E-state index in [1.165, 1.54) is 11.3 Å². The minimum Gasteiger partial charge on any atom is -0.394 e. The van der Waals surface area contributed by atoms with Gasteiger partial charge in [0.15, 0.2) is 0 Å². The van der Waals surface area contributed by atoms with E-state index in [4.69, 9.17) is 4.74 Å². The second-order valence-corrected chi connectivity index (χ2v) is 11.0. The van der Waals surface area contributed by atoms with Crippen LogP contribution in [0.5, 0.6) is 0 Å². The van der Waals surface area contributed by atoms with Gasteiger partial charge in [0.1, 0.15) is 11.6 Å². The van der Waals surface area contributed by atoms with E-state index < -0.39 is 35.6 Å². The lowest BCUT2D eigenvalue weighted by molar-refractivity contribution is -0.151. The van der Waals surface area contributed by atoms with Crippen LogP contribution in [0.3, 0.4) is 0 Å². The lowest BCUT2D eigenvalue weighted by Crippen LogP contribution is -2.59. The zero-order valence-electron chi connectivity index (χ0n) is 21.2. The topological polar surface area (TPSA) is 90.4 Å². The van der Waals surface area contributed by atoms with Crippen molar-refractivity contribution in [2.45, 2.75) is 68.9 Å². The Morgan fingerprint density at radius 3 is 2.49 bits per heavy atom. The molecule has 0 bridgehead atoms. The quantitative estimate of drug-likeness (QED) is 0.635. The van der Waals surface area contributed by atoms with Crippen LogP contribution in [-0.4, -0.2) is 82.2 Å². The average Bonchev–Trinajstić information content (AvgIpc) is 3.25. The number of benzene rings is 1. The molecule has 0 aromatic heterocycles. The number of hydrogen-bond acceptors (Lipinski definition) is 5. The Hall–Kier alpha value is -2.97. The molecular weight excluding hydrogens is 470 g/mol. The SMILES string of the molecule is C[C@H](CO)N1C(=O)[C@@H]2[C@H]3C(=O)N(c4ccccc4)CC=C[C@H]3O[C@@]23C=CCN(C2CCCCC2)C(=O)C13. The van der Waals surface area contributed by atoms with Crippen molar-refractivity contribution in [3.05, 3.63) is 54.6 Å². The summed E-state index contributed by atoms with van der Waals surface area (Å²) in [7, 11) is 0. The van der Waals surface area contributed by atoms with Crippen LogP contribution in [-0.2, 0) is 19.1 Å². The van der Waals surface area contributed by atoms with E-state index in [0.717, 1.165) is 31.4 Å². The fraction of sp³-hybridized carbons (Fsp3) is 0.552. The van der Waals surface area contributed by atoms with Crippen LogP contribution in [0.15, 0.2) is 54.6 Å². The smallest absolute Gasteiger partial charge is 0.249 e.